The first-order chi connectivity index (χ1) is 10.5. The van der Waals surface area contributed by atoms with Gasteiger partial charge in [-0.25, -0.2) is 0 Å². The minimum Gasteiger partial charge on any atom is -0.398 e. The molecule has 0 aliphatic carbocycles. The minimum absolute atomic E-state index is 0.0892. The molecule has 2 N–H and O–H groups in total. The number of hydrogen-bond donors (Lipinski definition) is 1. The van der Waals surface area contributed by atoms with Crippen LogP contribution in [0.15, 0.2) is 18.2 Å². The van der Waals surface area contributed by atoms with E-state index in [1.54, 1.807) is 6.92 Å². The SMILES string of the molecule is CC(=O)c1c(C)c(C)c(N)c2cccc(N3CCOCC3)c12. The van der Waals surface area contributed by atoms with Crippen molar-refractivity contribution in [3.05, 3.63) is 34.9 Å². The topological polar surface area (TPSA) is 55.6 Å². The lowest BCUT2D eigenvalue weighted by molar-refractivity contribution is 0.101. The summed E-state index contributed by atoms with van der Waals surface area (Å²) < 4.78 is 5.44. The molecular formula is C18H22N2O2. The lowest BCUT2D eigenvalue weighted by Gasteiger charge is -2.31. The molecular weight excluding hydrogens is 276 g/mol. The van der Waals surface area contributed by atoms with Crippen LogP contribution >= 0.6 is 0 Å². The van der Waals surface area contributed by atoms with E-state index >= 15 is 0 Å². The number of hydrogen-bond acceptors (Lipinski definition) is 4. The summed E-state index contributed by atoms with van der Waals surface area (Å²) in [6.07, 6.45) is 0. The van der Waals surface area contributed by atoms with Crippen molar-refractivity contribution >= 4 is 27.9 Å². The first-order valence-corrected chi connectivity index (χ1v) is 7.67. The monoisotopic (exact) mass is 298 g/mol. The van der Waals surface area contributed by atoms with Crippen molar-refractivity contribution in [2.45, 2.75) is 20.8 Å². The smallest absolute Gasteiger partial charge is 0.160 e. The van der Waals surface area contributed by atoms with E-state index < -0.39 is 0 Å². The predicted molar refractivity (Wildman–Crippen MR) is 90.9 cm³/mol. The first-order valence-electron chi connectivity index (χ1n) is 7.67. The molecule has 0 radical (unpaired) electrons. The van der Waals surface area contributed by atoms with Crippen molar-refractivity contribution in [2.75, 3.05) is 36.9 Å². The maximum absolute atomic E-state index is 12.3. The highest BCUT2D eigenvalue weighted by Crippen LogP contribution is 2.38. The number of nitrogens with two attached hydrogens (primary N) is 1. The van der Waals surface area contributed by atoms with Gasteiger partial charge in [0.15, 0.2) is 5.78 Å². The lowest BCUT2D eigenvalue weighted by atomic mass is 9.90. The molecule has 0 saturated carbocycles. The van der Waals surface area contributed by atoms with Gasteiger partial charge in [-0.2, -0.15) is 0 Å². The number of ether oxygens (including phenoxy) is 1. The summed E-state index contributed by atoms with van der Waals surface area (Å²) in [6, 6.07) is 6.10. The Hall–Kier alpha value is -2.07. The van der Waals surface area contributed by atoms with Crippen LogP contribution in [0, 0.1) is 13.8 Å². The molecule has 2 aromatic rings. The van der Waals surface area contributed by atoms with Gasteiger partial charge >= 0.3 is 0 Å². The largest absolute Gasteiger partial charge is 0.398 e. The Morgan fingerprint density at radius 3 is 2.50 bits per heavy atom. The van der Waals surface area contributed by atoms with Crippen molar-refractivity contribution < 1.29 is 9.53 Å². The third kappa shape index (κ3) is 2.24. The molecule has 22 heavy (non-hydrogen) atoms. The van der Waals surface area contributed by atoms with Crippen LogP contribution in [0.4, 0.5) is 11.4 Å². The zero-order valence-electron chi connectivity index (χ0n) is 13.4. The van der Waals surface area contributed by atoms with Crippen molar-refractivity contribution in [3.8, 4) is 0 Å². The molecule has 0 aromatic heterocycles. The van der Waals surface area contributed by atoms with Crippen LogP contribution in [0.3, 0.4) is 0 Å². The molecule has 4 nitrogen and oxygen atoms in total. The first kappa shape index (κ1) is 14.9. The van der Waals surface area contributed by atoms with E-state index in [4.69, 9.17) is 10.5 Å². The Balaban J connectivity index is 2.36. The molecule has 0 amide bonds. The number of ketones is 1. The quantitative estimate of drug-likeness (QED) is 0.684. The van der Waals surface area contributed by atoms with Crippen LogP contribution in [0.2, 0.25) is 0 Å². The maximum Gasteiger partial charge on any atom is 0.160 e. The van der Waals surface area contributed by atoms with Crippen LogP contribution in [0.5, 0.6) is 0 Å². The van der Waals surface area contributed by atoms with Crippen molar-refractivity contribution in [1.29, 1.82) is 0 Å². The Morgan fingerprint density at radius 1 is 1.18 bits per heavy atom. The van der Waals surface area contributed by atoms with Gasteiger partial charge in [-0.05, 0) is 38.0 Å². The molecule has 1 saturated heterocycles. The summed E-state index contributed by atoms with van der Waals surface area (Å²) in [4.78, 5) is 14.6. The Morgan fingerprint density at radius 2 is 1.86 bits per heavy atom. The number of rotatable bonds is 2. The number of carbonyl (C=O) groups is 1. The average molecular weight is 298 g/mol. The van der Waals surface area contributed by atoms with E-state index in [-0.39, 0.29) is 5.78 Å². The molecule has 0 atom stereocenters. The van der Waals surface area contributed by atoms with Gasteiger partial charge in [-0.15, -0.1) is 0 Å². The molecule has 1 fully saturated rings. The van der Waals surface area contributed by atoms with Crippen molar-refractivity contribution in [2.24, 2.45) is 0 Å². The third-order valence-corrected chi connectivity index (χ3v) is 4.63. The average Bonchev–Trinajstić information content (AvgIpc) is 2.53. The van der Waals surface area contributed by atoms with E-state index in [0.29, 0.717) is 13.2 Å². The van der Waals surface area contributed by atoms with E-state index in [1.165, 1.54) is 0 Å². The molecule has 1 heterocycles. The molecule has 116 valence electrons. The summed E-state index contributed by atoms with van der Waals surface area (Å²) in [6.45, 7) is 8.70. The Bertz CT molecular complexity index is 747. The second-order valence-electron chi connectivity index (χ2n) is 5.89. The van der Waals surface area contributed by atoms with Gasteiger partial charge in [0, 0.05) is 40.8 Å². The molecule has 4 heteroatoms. The van der Waals surface area contributed by atoms with Crippen molar-refractivity contribution in [3.63, 3.8) is 0 Å². The summed E-state index contributed by atoms with van der Waals surface area (Å²) in [5.74, 6) is 0.0892. The fourth-order valence-electron chi connectivity index (χ4n) is 3.31. The van der Waals surface area contributed by atoms with Crippen LogP contribution < -0.4 is 10.6 Å². The zero-order valence-corrected chi connectivity index (χ0v) is 13.4. The lowest BCUT2D eigenvalue weighted by Crippen LogP contribution is -2.36. The highest BCUT2D eigenvalue weighted by Gasteiger charge is 2.21. The van der Waals surface area contributed by atoms with Gasteiger partial charge in [0.25, 0.3) is 0 Å². The maximum atomic E-state index is 12.3. The summed E-state index contributed by atoms with van der Waals surface area (Å²) in [7, 11) is 0. The minimum atomic E-state index is 0.0892. The number of fused-ring (bicyclic) bond motifs is 1. The number of carbonyl (C=O) groups excluding carboxylic acids is 1. The fraction of sp³-hybridized carbons (Fsp3) is 0.389. The van der Waals surface area contributed by atoms with Gasteiger partial charge in [0.05, 0.1) is 13.2 Å². The fourth-order valence-corrected chi connectivity index (χ4v) is 3.31. The Labute approximate surface area is 130 Å². The summed E-state index contributed by atoms with van der Waals surface area (Å²) in [5.41, 5.74) is 11.0. The standard InChI is InChI=1S/C18H22N2O2/c1-11-12(2)18(19)14-5-4-6-15(17(14)16(11)13(3)21)20-7-9-22-10-8-20/h4-6H,7-10,19H2,1-3H3. The number of benzene rings is 2. The van der Waals surface area contributed by atoms with Gasteiger partial charge in [-0.3, -0.25) is 4.79 Å². The summed E-state index contributed by atoms with van der Waals surface area (Å²) in [5, 5.41) is 1.95. The molecule has 1 aliphatic rings. The number of morpholine rings is 1. The normalized spacial score (nSPS) is 15.3. The molecule has 2 aromatic carbocycles. The third-order valence-electron chi connectivity index (χ3n) is 4.63. The number of nitrogen functional groups attached to an aromatic ring is 1. The van der Waals surface area contributed by atoms with Crippen molar-refractivity contribution in [1.82, 2.24) is 0 Å². The molecule has 1 aliphatic heterocycles. The van der Waals surface area contributed by atoms with E-state index in [2.05, 4.69) is 11.0 Å². The second-order valence-corrected chi connectivity index (χ2v) is 5.89. The molecule has 0 spiro atoms. The van der Waals surface area contributed by atoms with Crippen LogP contribution in [0.25, 0.3) is 10.8 Å². The molecule has 0 bridgehead atoms. The highest BCUT2D eigenvalue weighted by atomic mass is 16.5. The predicted octanol–water partition coefficient (Wildman–Crippen LogP) is 3.08. The van der Waals surface area contributed by atoms with E-state index in [9.17, 15) is 4.79 Å². The zero-order chi connectivity index (χ0) is 15.9. The highest BCUT2D eigenvalue weighted by molar-refractivity contribution is 6.16. The van der Waals surface area contributed by atoms with Gasteiger partial charge in [0.1, 0.15) is 0 Å². The molecule has 0 unspecified atom stereocenters. The number of Topliss-reactive ketones (excluding diaryl/α,β-unsaturated/α-hetero) is 1. The van der Waals surface area contributed by atoms with Crippen LogP contribution in [0.1, 0.15) is 28.4 Å². The van der Waals surface area contributed by atoms with Gasteiger partial charge in [-0.1, -0.05) is 12.1 Å². The van der Waals surface area contributed by atoms with Crippen LogP contribution in [-0.2, 0) is 4.74 Å². The van der Waals surface area contributed by atoms with Gasteiger partial charge in [0.2, 0.25) is 0 Å². The Kier molecular flexibility index (Phi) is 3.79. The van der Waals surface area contributed by atoms with Gasteiger partial charge < -0.3 is 15.4 Å². The number of nitrogens with zero attached hydrogens (tertiary/aromatic N) is 1. The van der Waals surface area contributed by atoms with E-state index in [1.807, 2.05) is 26.0 Å². The second kappa shape index (κ2) is 5.61. The number of anilines is 2. The summed E-state index contributed by atoms with van der Waals surface area (Å²) >= 11 is 0. The van der Waals surface area contributed by atoms with Crippen LogP contribution in [-0.4, -0.2) is 32.1 Å². The molecule has 3 rings (SSSR count). The van der Waals surface area contributed by atoms with E-state index in [0.717, 1.165) is 51.9 Å².